The average Bonchev–Trinajstić information content (AvgIpc) is 2.71. The summed E-state index contributed by atoms with van der Waals surface area (Å²) in [6.07, 6.45) is 7.97. The largest absolute Gasteiger partial charge is 0.381 e. The van der Waals surface area contributed by atoms with Crippen LogP contribution >= 0.6 is 0 Å². The van der Waals surface area contributed by atoms with E-state index >= 15 is 0 Å². The van der Waals surface area contributed by atoms with Gasteiger partial charge < -0.3 is 9.47 Å². The second kappa shape index (κ2) is 3.35. The Labute approximate surface area is 85.3 Å². The molecule has 0 amide bonds. The van der Waals surface area contributed by atoms with Crippen molar-refractivity contribution >= 4 is 0 Å². The average molecular weight is 194 g/mol. The van der Waals surface area contributed by atoms with Gasteiger partial charge in [0.15, 0.2) is 0 Å². The molecule has 14 heavy (non-hydrogen) atoms. The van der Waals surface area contributed by atoms with Gasteiger partial charge in [0.1, 0.15) is 0 Å². The monoisotopic (exact) mass is 194 g/mol. The van der Waals surface area contributed by atoms with Crippen LogP contribution in [0.5, 0.6) is 0 Å². The molecule has 1 heterocycles. The normalized spacial score (nSPS) is 42.8. The van der Waals surface area contributed by atoms with Gasteiger partial charge >= 0.3 is 0 Å². The molecule has 0 aromatic carbocycles. The lowest BCUT2D eigenvalue weighted by molar-refractivity contribution is -0.124. The third kappa shape index (κ3) is 1.24. The summed E-state index contributed by atoms with van der Waals surface area (Å²) in [5, 5.41) is 0. The van der Waals surface area contributed by atoms with E-state index in [-0.39, 0.29) is 0 Å². The van der Waals surface area contributed by atoms with Gasteiger partial charge in [0, 0.05) is 13.0 Å². The Morgan fingerprint density at radius 2 is 2.14 bits per heavy atom. The van der Waals surface area contributed by atoms with E-state index in [1.54, 1.807) is 0 Å². The molecule has 0 radical (unpaired) electrons. The lowest BCUT2D eigenvalue weighted by Gasteiger charge is -2.38. The molecule has 2 fully saturated rings. The molecule has 1 aliphatic heterocycles. The Morgan fingerprint density at radius 3 is 2.57 bits per heavy atom. The second-order valence-corrected chi connectivity index (χ2v) is 4.94. The van der Waals surface area contributed by atoms with Crippen molar-refractivity contribution < 1.29 is 9.47 Å². The molecule has 3 rings (SSSR count). The summed E-state index contributed by atoms with van der Waals surface area (Å²) in [6, 6.07) is 0. The molecule has 1 saturated carbocycles. The zero-order chi connectivity index (χ0) is 9.54. The maximum absolute atomic E-state index is 5.68. The van der Waals surface area contributed by atoms with Crippen LogP contribution in [0.25, 0.3) is 0 Å². The van der Waals surface area contributed by atoms with Gasteiger partial charge in [-0.05, 0) is 30.6 Å². The van der Waals surface area contributed by atoms with Crippen molar-refractivity contribution in [3.8, 4) is 0 Å². The Balaban J connectivity index is 1.70. The van der Waals surface area contributed by atoms with Gasteiger partial charge in [0.05, 0.1) is 19.3 Å². The van der Waals surface area contributed by atoms with Crippen molar-refractivity contribution in [1.82, 2.24) is 0 Å². The number of fused-ring (bicyclic) bond motifs is 2. The smallest absolute Gasteiger partial charge is 0.0677 e. The van der Waals surface area contributed by atoms with E-state index in [0.717, 1.165) is 31.0 Å². The maximum atomic E-state index is 5.68. The quantitative estimate of drug-likeness (QED) is 0.638. The fourth-order valence-corrected chi connectivity index (χ4v) is 3.36. The van der Waals surface area contributed by atoms with Gasteiger partial charge in [-0.25, -0.2) is 0 Å². The van der Waals surface area contributed by atoms with E-state index in [0.29, 0.717) is 12.0 Å². The molecule has 2 heteroatoms. The van der Waals surface area contributed by atoms with Crippen LogP contribution in [0.1, 0.15) is 12.8 Å². The Hall–Kier alpha value is -0.340. The minimum Gasteiger partial charge on any atom is -0.381 e. The third-order valence-electron chi connectivity index (χ3n) is 4.15. The van der Waals surface area contributed by atoms with E-state index in [2.05, 4.69) is 12.2 Å². The fourth-order valence-electron chi connectivity index (χ4n) is 3.36. The first-order valence-electron chi connectivity index (χ1n) is 5.67. The van der Waals surface area contributed by atoms with Crippen LogP contribution in [0.15, 0.2) is 12.2 Å². The fraction of sp³-hybridized carbons (Fsp3) is 0.833. The minimum atomic E-state index is 0.448. The molecule has 78 valence electrons. The molecular formula is C12H18O2. The second-order valence-electron chi connectivity index (χ2n) is 4.94. The summed E-state index contributed by atoms with van der Waals surface area (Å²) in [5.74, 6) is 3.08. The molecule has 2 nitrogen and oxygen atoms in total. The van der Waals surface area contributed by atoms with Crippen molar-refractivity contribution in [2.45, 2.75) is 18.9 Å². The van der Waals surface area contributed by atoms with Crippen LogP contribution < -0.4 is 0 Å². The highest BCUT2D eigenvalue weighted by atomic mass is 16.5. The molecule has 3 aliphatic rings. The molecular weight excluding hydrogens is 176 g/mol. The van der Waals surface area contributed by atoms with Crippen molar-refractivity contribution in [2.75, 3.05) is 20.3 Å². The number of hydrogen-bond acceptors (Lipinski definition) is 2. The molecule has 0 spiro atoms. The first-order chi connectivity index (χ1) is 6.88. The lowest BCUT2D eigenvalue weighted by Crippen LogP contribution is -2.44. The molecule has 4 atom stereocenters. The van der Waals surface area contributed by atoms with Crippen LogP contribution in [0, 0.1) is 23.7 Å². The highest BCUT2D eigenvalue weighted by Gasteiger charge is 2.44. The van der Waals surface area contributed by atoms with Crippen molar-refractivity contribution in [2.24, 2.45) is 23.7 Å². The molecule has 4 unspecified atom stereocenters. The zero-order valence-electron chi connectivity index (χ0n) is 8.69. The summed E-state index contributed by atoms with van der Waals surface area (Å²) in [7, 11) is 1.86. The molecule has 2 aliphatic carbocycles. The van der Waals surface area contributed by atoms with Crippen molar-refractivity contribution in [3.05, 3.63) is 12.2 Å². The van der Waals surface area contributed by atoms with E-state index < -0.39 is 0 Å². The highest BCUT2D eigenvalue weighted by Crippen LogP contribution is 2.47. The first-order valence-corrected chi connectivity index (χ1v) is 5.67. The van der Waals surface area contributed by atoms with Crippen molar-refractivity contribution in [1.29, 1.82) is 0 Å². The van der Waals surface area contributed by atoms with Crippen LogP contribution in [-0.2, 0) is 9.47 Å². The molecule has 2 bridgehead atoms. The van der Waals surface area contributed by atoms with E-state index in [1.165, 1.54) is 12.8 Å². The van der Waals surface area contributed by atoms with Gasteiger partial charge in [-0.15, -0.1) is 0 Å². The predicted octanol–water partition coefficient (Wildman–Crippen LogP) is 1.86. The van der Waals surface area contributed by atoms with Gasteiger partial charge in [0.25, 0.3) is 0 Å². The van der Waals surface area contributed by atoms with Gasteiger partial charge in [-0.2, -0.15) is 0 Å². The molecule has 0 aromatic rings. The summed E-state index contributed by atoms with van der Waals surface area (Å²) < 4.78 is 10.9. The first kappa shape index (κ1) is 8.93. The summed E-state index contributed by atoms with van der Waals surface area (Å²) in [4.78, 5) is 0. The summed E-state index contributed by atoms with van der Waals surface area (Å²) in [6.45, 7) is 1.83. The number of hydrogen-bond donors (Lipinski definition) is 0. The van der Waals surface area contributed by atoms with E-state index in [9.17, 15) is 0 Å². The lowest BCUT2D eigenvalue weighted by atomic mass is 9.81. The minimum absolute atomic E-state index is 0.448. The number of ether oxygens (including phenoxy) is 2. The Morgan fingerprint density at radius 1 is 1.29 bits per heavy atom. The molecule has 0 aromatic heterocycles. The van der Waals surface area contributed by atoms with Crippen LogP contribution in [0.3, 0.4) is 0 Å². The van der Waals surface area contributed by atoms with Gasteiger partial charge in [-0.3, -0.25) is 0 Å². The van der Waals surface area contributed by atoms with Crippen molar-refractivity contribution in [3.63, 3.8) is 0 Å². The van der Waals surface area contributed by atoms with Crippen LogP contribution in [-0.4, -0.2) is 26.4 Å². The maximum Gasteiger partial charge on any atom is 0.0677 e. The third-order valence-corrected chi connectivity index (χ3v) is 4.15. The van der Waals surface area contributed by atoms with E-state index in [4.69, 9.17) is 9.47 Å². The van der Waals surface area contributed by atoms with Gasteiger partial charge in [0.2, 0.25) is 0 Å². The van der Waals surface area contributed by atoms with E-state index in [1.807, 2.05) is 7.11 Å². The highest BCUT2D eigenvalue weighted by molar-refractivity contribution is 5.12. The Bertz CT molecular complexity index is 245. The van der Waals surface area contributed by atoms with Gasteiger partial charge in [-0.1, -0.05) is 12.2 Å². The molecule has 0 N–H and O–H groups in total. The number of methoxy groups -OCH3 is 1. The van der Waals surface area contributed by atoms with Crippen LogP contribution in [0.2, 0.25) is 0 Å². The molecule has 1 saturated heterocycles. The standard InChI is InChI=1S/C12H18O2/c1-13-12(10-6-14-7-10)11-5-8-2-3-9(11)4-8/h2-3,8-12H,4-7H2,1H3. The summed E-state index contributed by atoms with van der Waals surface area (Å²) in [5.41, 5.74) is 0. The predicted molar refractivity (Wildman–Crippen MR) is 54.0 cm³/mol. The Kier molecular flexibility index (Phi) is 2.14. The van der Waals surface area contributed by atoms with Crippen LogP contribution in [0.4, 0.5) is 0 Å². The number of allylic oxidation sites excluding steroid dienone is 2. The summed E-state index contributed by atoms with van der Waals surface area (Å²) >= 11 is 0. The number of rotatable bonds is 3. The zero-order valence-corrected chi connectivity index (χ0v) is 8.69. The SMILES string of the molecule is COC(C1COC1)C1CC2C=CC1C2. The topological polar surface area (TPSA) is 18.5 Å².